The average molecular weight is 426 g/mol. The van der Waals surface area contributed by atoms with Gasteiger partial charge < -0.3 is 20.6 Å². The number of carbonyl (C=O) groups is 3. The molecule has 0 saturated carbocycles. The van der Waals surface area contributed by atoms with Crippen molar-refractivity contribution in [2.24, 2.45) is 23.7 Å². The molecule has 164 valence electrons. The monoisotopic (exact) mass is 425 g/mol. The van der Waals surface area contributed by atoms with E-state index in [4.69, 9.17) is 0 Å². The maximum atomic E-state index is 13.8. The Bertz CT molecular complexity index is 685. The molecule has 7 atom stereocenters. The second kappa shape index (κ2) is 8.10. The molecule has 3 fully saturated rings. The van der Waals surface area contributed by atoms with E-state index in [1.165, 1.54) is 0 Å². The van der Waals surface area contributed by atoms with Gasteiger partial charge in [-0.05, 0) is 38.5 Å². The summed E-state index contributed by atoms with van der Waals surface area (Å²) in [5.41, 5.74) is 0. The molecule has 3 amide bonds. The van der Waals surface area contributed by atoms with Crippen LogP contribution >= 0.6 is 11.8 Å². The minimum absolute atomic E-state index is 0.0491. The highest BCUT2D eigenvalue weighted by atomic mass is 32.2. The minimum atomic E-state index is -0.669. The van der Waals surface area contributed by atoms with Gasteiger partial charge in [0.25, 0.3) is 0 Å². The fraction of sp³-hybridized carbons (Fsp3) is 0.857. The van der Waals surface area contributed by atoms with E-state index in [1.54, 1.807) is 23.7 Å². The van der Waals surface area contributed by atoms with E-state index in [0.717, 1.165) is 6.42 Å². The molecular formula is C21H35N3O4S. The van der Waals surface area contributed by atoms with Crippen molar-refractivity contribution in [3.63, 3.8) is 0 Å². The van der Waals surface area contributed by atoms with Crippen LogP contribution in [-0.4, -0.2) is 69.5 Å². The number of nitrogens with zero attached hydrogens (tertiary/aromatic N) is 1. The number of likely N-dealkylation sites (tertiary alicyclic amines) is 1. The van der Waals surface area contributed by atoms with Crippen LogP contribution in [0.4, 0.5) is 0 Å². The molecule has 0 aromatic carbocycles. The summed E-state index contributed by atoms with van der Waals surface area (Å²) in [6, 6.07) is -1.15. The van der Waals surface area contributed by atoms with Gasteiger partial charge in [-0.3, -0.25) is 14.4 Å². The third-order valence-corrected chi connectivity index (χ3v) is 8.84. The van der Waals surface area contributed by atoms with Gasteiger partial charge >= 0.3 is 0 Å². The van der Waals surface area contributed by atoms with Gasteiger partial charge in [0, 0.05) is 18.3 Å². The first kappa shape index (κ1) is 22.4. The highest BCUT2D eigenvalue weighted by Gasteiger charge is 2.76. The zero-order chi connectivity index (χ0) is 21.7. The Balaban J connectivity index is 2.10. The average Bonchev–Trinajstić information content (AvgIpc) is 3.22. The number of thioether (sulfide) groups is 1. The van der Waals surface area contributed by atoms with E-state index < -0.39 is 28.7 Å². The van der Waals surface area contributed by atoms with Crippen LogP contribution in [0.15, 0.2) is 0 Å². The van der Waals surface area contributed by atoms with Crippen molar-refractivity contribution < 1.29 is 19.5 Å². The van der Waals surface area contributed by atoms with Crippen LogP contribution in [0.3, 0.4) is 0 Å². The summed E-state index contributed by atoms with van der Waals surface area (Å²) < 4.78 is -0.623. The predicted molar refractivity (Wildman–Crippen MR) is 113 cm³/mol. The van der Waals surface area contributed by atoms with Crippen LogP contribution in [0.5, 0.6) is 0 Å². The van der Waals surface area contributed by atoms with E-state index in [9.17, 15) is 19.5 Å². The van der Waals surface area contributed by atoms with Crippen LogP contribution < -0.4 is 10.6 Å². The lowest BCUT2D eigenvalue weighted by molar-refractivity contribution is -0.143. The molecule has 29 heavy (non-hydrogen) atoms. The Morgan fingerprint density at radius 3 is 2.45 bits per heavy atom. The number of hydrogen-bond acceptors (Lipinski definition) is 5. The molecule has 3 rings (SSSR count). The number of aliphatic hydroxyl groups excluding tert-OH is 1. The molecule has 7 nitrogen and oxygen atoms in total. The van der Waals surface area contributed by atoms with Crippen molar-refractivity contribution in [2.75, 3.05) is 13.7 Å². The van der Waals surface area contributed by atoms with Crippen molar-refractivity contribution in [2.45, 2.75) is 75.6 Å². The van der Waals surface area contributed by atoms with Crippen LogP contribution in [0.25, 0.3) is 0 Å². The first-order valence-electron chi connectivity index (χ1n) is 10.7. The molecule has 3 saturated heterocycles. The van der Waals surface area contributed by atoms with Crippen LogP contribution in [0, 0.1) is 23.7 Å². The van der Waals surface area contributed by atoms with Crippen molar-refractivity contribution in [3.05, 3.63) is 0 Å². The second-order valence-electron chi connectivity index (χ2n) is 9.54. The Labute approximate surface area is 177 Å². The highest BCUT2D eigenvalue weighted by molar-refractivity contribution is 8.02. The number of amides is 3. The standard InChI is InChI=1S/C21H35N3O4S/c1-10(2)7-13(9-25)24-17(19(27)23-11(3)4)21-12(5)8-14(29-21)15(18(26)22-6)16(21)20(24)28/h10-17,25H,7-9H2,1-6H3,(H,22,26)(H,23,27)/t12?,13-,14-,15+,16+,17?,21?/m1/s1. The fourth-order valence-electron chi connectivity index (χ4n) is 5.80. The molecule has 0 aromatic heterocycles. The summed E-state index contributed by atoms with van der Waals surface area (Å²) in [4.78, 5) is 41.6. The molecule has 1 spiro atoms. The summed E-state index contributed by atoms with van der Waals surface area (Å²) in [5.74, 6) is -0.985. The van der Waals surface area contributed by atoms with Gasteiger partial charge in [-0.25, -0.2) is 0 Å². The lowest BCUT2D eigenvalue weighted by Crippen LogP contribution is -2.59. The quantitative estimate of drug-likeness (QED) is 0.565. The maximum Gasteiger partial charge on any atom is 0.244 e. The normalized spacial score (nSPS) is 36.7. The summed E-state index contributed by atoms with van der Waals surface area (Å²) in [5, 5.41) is 15.9. The Morgan fingerprint density at radius 2 is 1.93 bits per heavy atom. The van der Waals surface area contributed by atoms with Crippen molar-refractivity contribution in [1.29, 1.82) is 0 Å². The smallest absolute Gasteiger partial charge is 0.244 e. The lowest BCUT2D eigenvalue weighted by atomic mass is 9.66. The lowest BCUT2D eigenvalue weighted by Gasteiger charge is -2.40. The molecule has 0 radical (unpaired) electrons. The number of fused-ring (bicyclic) bond motifs is 1. The van der Waals surface area contributed by atoms with Crippen molar-refractivity contribution in [1.82, 2.24) is 15.5 Å². The number of carbonyl (C=O) groups excluding carboxylic acids is 3. The SMILES string of the molecule is CNC(=O)[C@@H]1[C@H]2C(=O)N([C@@H](CO)CC(C)C)C(C(=O)NC(C)C)C23S[C@@H]1CC3C. The van der Waals surface area contributed by atoms with Gasteiger partial charge in [0.2, 0.25) is 17.7 Å². The summed E-state index contributed by atoms with van der Waals surface area (Å²) in [7, 11) is 1.60. The van der Waals surface area contributed by atoms with E-state index in [0.29, 0.717) is 6.42 Å². The number of aliphatic hydroxyl groups is 1. The summed E-state index contributed by atoms with van der Waals surface area (Å²) in [6.07, 6.45) is 1.43. The zero-order valence-corrected chi connectivity index (χ0v) is 19.1. The van der Waals surface area contributed by atoms with Crippen molar-refractivity contribution in [3.8, 4) is 0 Å². The number of hydrogen-bond donors (Lipinski definition) is 3. The first-order valence-corrected chi connectivity index (χ1v) is 11.6. The molecule has 3 heterocycles. The van der Waals surface area contributed by atoms with Crippen LogP contribution in [0.1, 0.15) is 47.5 Å². The van der Waals surface area contributed by atoms with Crippen LogP contribution in [0.2, 0.25) is 0 Å². The third kappa shape index (κ3) is 3.36. The topological polar surface area (TPSA) is 98.7 Å². The molecule has 3 aliphatic rings. The summed E-state index contributed by atoms with van der Waals surface area (Å²) >= 11 is 1.66. The number of rotatable bonds is 7. The molecular weight excluding hydrogens is 390 g/mol. The Kier molecular flexibility index (Phi) is 6.26. The maximum absolute atomic E-state index is 13.8. The van der Waals surface area contributed by atoms with Gasteiger partial charge in [0.15, 0.2) is 0 Å². The van der Waals surface area contributed by atoms with E-state index >= 15 is 0 Å². The van der Waals surface area contributed by atoms with Crippen LogP contribution in [-0.2, 0) is 14.4 Å². The Hall–Kier alpha value is -1.28. The van der Waals surface area contributed by atoms with Crippen molar-refractivity contribution >= 4 is 29.5 Å². The molecule has 3 unspecified atom stereocenters. The van der Waals surface area contributed by atoms with Gasteiger partial charge in [-0.1, -0.05) is 20.8 Å². The molecule has 2 bridgehead atoms. The fourth-order valence-corrected chi connectivity index (χ4v) is 8.21. The summed E-state index contributed by atoms with van der Waals surface area (Å²) in [6.45, 7) is 9.81. The minimum Gasteiger partial charge on any atom is -0.394 e. The van der Waals surface area contributed by atoms with Gasteiger partial charge in [0.1, 0.15) is 6.04 Å². The van der Waals surface area contributed by atoms with Gasteiger partial charge in [-0.2, -0.15) is 0 Å². The molecule has 3 N–H and O–H groups in total. The Morgan fingerprint density at radius 1 is 1.28 bits per heavy atom. The molecule has 0 aromatic rings. The largest absolute Gasteiger partial charge is 0.394 e. The molecule has 0 aliphatic carbocycles. The molecule has 3 aliphatic heterocycles. The van der Waals surface area contributed by atoms with E-state index in [1.807, 2.05) is 27.7 Å². The predicted octanol–water partition coefficient (Wildman–Crippen LogP) is 1.00. The third-order valence-electron chi connectivity index (χ3n) is 6.76. The van der Waals surface area contributed by atoms with Gasteiger partial charge in [0.05, 0.1) is 29.2 Å². The van der Waals surface area contributed by atoms with E-state index in [2.05, 4.69) is 17.6 Å². The highest BCUT2D eigenvalue weighted by Crippen LogP contribution is 2.68. The zero-order valence-electron chi connectivity index (χ0n) is 18.3. The number of nitrogens with one attached hydrogen (secondary N) is 2. The molecule has 8 heteroatoms. The van der Waals surface area contributed by atoms with Gasteiger partial charge in [-0.15, -0.1) is 11.8 Å². The first-order chi connectivity index (χ1) is 13.6. The van der Waals surface area contributed by atoms with E-state index in [-0.39, 0.29) is 47.5 Å². The second-order valence-corrected chi connectivity index (χ2v) is 11.1.